The van der Waals surface area contributed by atoms with E-state index in [2.05, 4.69) is 23.6 Å². The monoisotopic (exact) mass is 271 g/mol. The van der Waals surface area contributed by atoms with Gasteiger partial charge in [0.15, 0.2) is 0 Å². The van der Waals surface area contributed by atoms with Crippen molar-refractivity contribution >= 4 is 11.6 Å². The molecule has 0 aromatic heterocycles. The molecule has 2 N–H and O–H groups in total. The quantitative estimate of drug-likeness (QED) is 0.885. The highest BCUT2D eigenvalue weighted by Gasteiger charge is 2.38. The zero-order chi connectivity index (χ0) is 14.4. The number of nitrogens with zero attached hydrogens (tertiary/aromatic N) is 1. The summed E-state index contributed by atoms with van der Waals surface area (Å²) in [5.41, 5.74) is 0.785. The highest BCUT2D eigenvalue weighted by molar-refractivity contribution is 5.96. The number of carbonyl (C=O) groups excluding carboxylic acids is 1. The van der Waals surface area contributed by atoms with Crippen LogP contribution in [0.2, 0.25) is 0 Å². The van der Waals surface area contributed by atoms with Crippen LogP contribution in [0.3, 0.4) is 0 Å². The Morgan fingerprint density at radius 1 is 1.50 bits per heavy atom. The van der Waals surface area contributed by atoms with E-state index in [4.69, 9.17) is 5.26 Å². The SMILES string of the molecule is CCCC1(C(=O)Nc2ccccc2C#N)CCCNC1. The molecule has 1 aromatic rings. The van der Waals surface area contributed by atoms with Gasteiger partial charge in [0, 0.05) is 6.54 Å². The molecule has 1 heterocycles. The zero-order valence-electron chi connectivity index (χ0n) is 11.9. The van der Waals surface area contributed by atoms with E-state index in [0.29, 0.717) is 11.3 Å². The summed E-state index contributed by atoms with van der Waals surface area (Å²) >= 11 is 0. The maximum atomic E-state index is 12.7. The summed E-state index contributed by atoms with van der Waals surface area (Å²) in [5.74, 6) is 0.0363. The second-order valence-corrected chi connectivity index (χ2v) is 5.42. The zero-order valence-corrected chi connectivity index (χ0v) is 11.9. The third-order valence-electron chi connectivity index (χ3n) is 3.98. The topological polar surface area (TPSA) is 64.9 Å². The number of para-hydroxylation sites is 1. The molecule has 0 bridgehead atoms. The minimum Gasteiger partial charge on any atom is -0.324 e. The molecule has 2 rings (SSSR count). The molecule has 20 heavy (non-hydrogen) atoms. The Balaban J connectivity index is 2.18. The minimum atomic E-state index is -0.338. The van der Waals surface area contributed by atoms with E-state index < -0.39 is 0 Å². The number of hydrogen-bond donors (Lipinski definition) is 2. The number of amides is 1. The van der Waals surface area contributed by atoms with E-state index in [1.165, 1.54) is 0 Å². The number of carbonyl (C=O) groups is 1. The Kier molecular flexibility index (Phi) is 4.75. The molecule has 4 nitrogen and oxygen atoms in total. The van der Waals surface area contributed by atoms with Crippen molar-refractivity contribution in [1.82, 2.24) is 5.32 Å². The predicted molar refractivity (Wildman–Crippen MR) is 79.2 cm³/mol. The lowest BCUT2D eigenvalue weighted by Crippen LogP contribution is -2.48. The number of nitriles is 1. The molecule has 1 amide bonds. The standard InChI is InChI=1S/C16H21N3O/c1-2-8-16(9-5-10-18-12-16)15(20)19-14-7-4-3-6-13(14)11-17/h3-4,6-7,18H,2,5,8-10,12H2,1H3,(H,19,20). The first-order valence-electron chi connectivity index (χ1n) is 7.23. The maximum Gasteiger partial charge on any atom is 0.231 e. The average molecular weight is 271 g/mol. The van der Waals surface area contributed by atoms with Gasteiger partial charge in [-0.15, -0.1) is 0 Å². The molecule has 106 valence electrons. The fourth-order valence-electron chi connectivity index (χ4n) is 2.91. The Bertz CT molecular complexity index is 507. The number of anilines is 1. The summed E-state index contributed by atoms with van der Waals surface area (Å²) in [4.78, 5) is 12.7. The predicted octanol–water partition coefficient (Wildman–Crippen LogP) is 2.67. The van der Waals surface area contributed by atoms with Crippen molar-refractivity contribution in [3.63, 3.8) is 0 Å². The van der Waals surface area contributed by atoms with Gasteiger partial charge >= 0.3 is 0 Å². The number of hydrogen-bond acceptors (Lipinski definition) is 3. The lowest BCUT2D eigenvalue weighted by molar-refractivity contribution is -0.127. The molecule has 1 saturated heterocycles. The Hall–Kier alpha value is -1.86. The maximum absolute atomic E-state index is 12.7. The highest BCUT2D eigenvalue weighted by Crippen LogP contribution is 2.33. The largest absolute Gasteiger partial charge is 0.324 e. The van der Waals surface area contributed by atoms with Crippen LogP contribution in [-0.2, 0) is 4.79 Å². The summed E-state index contributed by atoms with van der Waals surface area (Å²) in [6.45, 7) is 3.81. The van der Waals surface area contributed by atoms with E-state index in [1.54, 1.807) is 18.2 Å². The van der Waals surface area contributed by atoms with Gasteiger partial charge in [-0.05, 0) is 37.9 Å². The van der Waals surface area contributed by atoms with Crippen LogP contribution >= 0.6 is 0 Å². The van der Waals surface area contributed by atoms with Crippen LogP contribution in [0.4, 0.5) is 5.69 Å². The normalized spacial score (nSPS) is 22.0. The molecule has 4 heteroatoms. The molecule has 0 aliphatic carbocycles. The number of nitrogens with one attached hydrogen (secondary N) is 2. The molecule has 1 aromatic carbocycles. The van der Waals surface area contributed by atoms with Gasteiger partial charge in [0.05, 0.1) is 16.7 Å². The number of benzene rings is 1. The molecular formula is C16H21N3O. The van der Waals surface area contributed by atoms with Gasteiger partial charge in [0.2, 0.25) is 5.91 Å². The van der Waals surface area contributed by atoms with Gasteiger partial charge < -0.3 is 10.6 Å². The van der Waals surface area contributed by atoms with Crippen molar-refractivity contribution in [3.8, 4) is 6.07 Å². The summed E-state index contributed by atoms with van der Waals surface area (Å²) in [7, 11) is 0. The molecule has 0 saturated carbocycles. The smallest absolute Gasteiger partial charge is 0.231 e. The van der Waals surface area contributed by atoms with Crippen molar-refractivity contribution < 1.29 is 4.79 Å². The van der Waals surface area contributed by atoms with E-state index in [1.807, 2.05) is 6.07 Å². The van der Waals surface area contributed by atoms with Gasteiger partial charge in [0.25, 0.3) is 0 Å². The van der Waals surface area contributed by atoms with Gasteiger partial charge in [0.1, 0.15) is 6.07 Å². The van der Waals surface area contributed by atoms with Crippen molar-refractivity contribution in [2.45, 2.75) is 32.6 Å². The Morgan fingerprint density at radius 2 is 2.30 bits per heavy atom. The van der Waals surface area contributed by atoms with E-state index in [9.17, 15) is 4.79 Å². The molecule has 1 aliphatic heterocycles. The summed E-state index contributed by atoms with van der Waals surface area (Å²) < 4.78 is 0. The Labute approximate surface area is 120 Å². The molecule has 1 aliphatic rings. The van der Waals surface area contributed by atoms with Crippen LogP contribution in [0, 0.1) is 16.7 Å². The van der Waals surface area contributed by atoms with Crippen LogP contribution in [-0.4, -0.2) is 19.0 Å². The number of rotatable bonds is 4. The van der Waals surface area contributed by atoms with E-state index >= 15 is 0 Å². The first-order chi connectivity index (χ1) is 9.72. The van der Waals surface area contributed by atoms with E-state index in [0.717, 1.165) is 38.8 Å². The van der Waals surface area contributed by atoms with Crippen LogP contribution in [0.1, 0.15) is 38.2 Å². The summed E-state index contributed by atoms with van der Waals surface area (Å²) in [6, 6.07) is 9.26. The molecular weight excluding hydrogens is 250 g/mol. The highest BCUT2D eigenvalue weighted by atomic mass is 16.2. The fraction of sp³-hybridized carbons (Fsp3) is 0.500. The van der Waals surface area contributed by atoms with Gasteiger partial charge in [-0.2, -0.15) is 5.26 Å². The molecule has 1 atom stereocenters. The van der Waals surface area contributed by atoms with Crippen molar-refractivity contribution in [3.05, 3.63) is 29.8 Å². The minimum absolute atomic E-state index is 0.0363. The van der Waals surface area contributed by atoms with Crippen molar-refractivity contribution in [1.29, 1.82) is 5.26 Å². The third-order valence-corrected chi connectivity index (χ3v) is 3.98. The van der Waals surface area contributed by atoms with Crippen LogP contribution in [0.15, 0.2) is 24.3 Å². The van der Waals surface area contributed by atoms with Gasteiger partial charge in [-0.3, -0.25) is 4.79 Å². The first kappa shape index (κ1) is 14.5. The Morgan fingerprint density at radius 3 is 2.95 bits per heavy atom. The molecule has 1 unspecified atom stereocenters. The van der Waals surface area contributed by atoms with Crippen LogP contribution in [0.5, 0.6) is 0 Å². The molecule has 0 spiro atoms. The lowest BCUT2D eigenvalue weighted by Gasteiger charge is -2.36. The first-order valence-corrected chi connectivity index (χ1v) is 7.23. The van der Waals surface area contributed by atoms with Crippen molar-refractivity contribution in [2.24, 2.45) is 5.41 Å². The molecule has 1 fully saturated rings. The van der Waals surface area contributed by atoms with Crippen LogP contribution < -0.4 is 10.6 Å². The van der Waals surface area contributed by atoms with Crippen LogP contribution in [0.25, 0.3) is 0 Å². The number of piperidine rings is 1. The third kappa shape index (κ3) is 3.00. The second kappa shape index (κ2) is 6.53. The fourth-order valence-corrected chi connectivity index (χ4v) is 2.91. The second-order valence-electron chi connectivity index (χ2n) is 5.42. The van der Waals surface area contributed by atoms with E-state index in [-0.39, 0.29) is 11.3 Å². The summed E-state index contributed by atoms with van der Waals surface area (Å²) in [6.07, 6.45) is 3.79. The van der Waals surface area contributed by atoms with Gasteiger partial charge in [-0.1, -0.05) is 25.5 Å². The van der Waals surface area contributed by atoms with Gasteiger partial charge in [-0.25, -0.2) is 0 Å². The lowest BCUT2D eigenvalue weighted by atomic mass is 9.76. The summed E-state index contributed by atoms with van der Waals surface area (Å²) in [5, 5.41) is 15.4. The average Bonchev–Trinajstić information content (AvgIpc) is 2.49. The molecule has 0 radical (unpaired) electrons. The van der Waals surface area contributed by atoms with Crippen molar-refractivity contribution in [2.75, 3.05) is 18.4 Å².